The summed E-state index contributed by atoms with van der Waals surface area (Å²) < 4.78 is 19.4. The van der Waals surface area contributed by atoms with E-state index in [-0.39, 0.29) is 18.2 Å². The lowest BCUT2D eigenvalue weighted by Gasteiger charge is -2.19. The molecule has 0 aliphatic carbocycles. The van der Waals surface area contributed by atoms with Crippen LogP contribution < -0.4 is 15.4 Å². The summed E-state index contributed by atoms with van der Waals surface area (Å²) in [6.07, 6.45) is 0.266. The number of hydrogen-bond acceptors (Lipinski definition) is 3. The number of anilines is 1. The van der Waals surface area contributed by atoms with E-state index >= 15 is 0 Å². The summed E-state index contributed by atoms with van der Waals surface area (Å²) in [5.74, 6) is -0.382. The van der Waals surface area contributed by atoms with E-state index in [1.807, 2.05) is 6.07 Å². The molecule has 30 heavy (non-hydrogen) atoms. The number of hydrogen-bond donors (Lipinski definition) is 1. The van der Waals surface area contributed by atoms with Gasteiger partial charge in [0.1, 0.15) is 17.3 Å². The zero-order chi connectivity index (χ0) is 21.3. The second-order valence-corrected chi connectivity index (χ2v) is 7.50. The number of benzene rings is 3. The molecule has 4 rings (SSSR count). The highest BCUT2D eigenvalue weighted by Gasteiger charge is 2.33. The number of ether oxygens (including phenoxy) is 1. The summed E-state index contributed by atoms with van der Waals surface area (Å²) >= 11 is 6.15. The molecule has 1 heterocycles. The highest BCUT2D eigenvalue weighted by atomic mass is 35.5. The van der Waals surface area contributed by atoms with Gasteiger partial charge in [0.25, 0.3) is 0 Å². The number of primary amides is 1. The first-order valence-electron chi connectivity index (χ1n) is 9.34. The normalized spacial score (nSPS) is 16.0. The Hall–Kier alpha value is -3.38. The predicted octanol–water partition coefficient (Wildman–Crippen LogP) is 4.89. The number of rotatable bonds is 5. The minimum Gasteiger partial charge on any atom is -0.457 e. The second kappa shape index (κ2) is 8.16. The number of carbonyl (C=O) groups excluding carboxylic acids is 2. The van der Waals surface area contributed by atoms with Crippen LogP contribution in [-0.4, -0.2) is 18.4 Å². The van der Waals surface area contributed by atoms with E-state index in [9.17, 15) is 14.0 Å². The third kappa shape index (κ3) is 4.14. The molecule has 1 atom stereocenters. The molecule has 3 aromatic carbocycles. The summed E-state index contributed by atoms with van der Waals surface area (Å²) in [6, 6.07) is 17.7. The van der Waals surface area contributed by atoms with E-state index in [0.29, 0.717) is 34.3 Å². The molecule has 1 aliphatic rings. The Labute approximate surface area is 177 Å². The number of amides is 2. The third-order valence-electron chi connectivity index (χ3n) is 5.01. The molecular formula is C23H18ClFN2O3. The molecule has 2 N–H and O–H groups in total. The van der Waals surface area contributed by atoms with Gasteiger partial charge in [-0.15, -0.1) is 0 Å². The second-order valence-electron chi connectivity index (χ2n) is 7.06. The molecule has 0 bridgehead atoms. The Balaban J connectivity index is 1.63. The molecule has 1 fully saturated rings. The maximum Gasteiger partial charge on any atom is 0.248 e. The summed E-state index contributed by atoms with van der Waals surface area (Å²) in [7, 11) is 0. The van der Waals surface area contributed by atoms with Gasteiger partial charge in [0.05, 0.1) is 0 Å². The van der Waals surface area contributed by atoms with Crippen LogP contribution in [-0.2, 0) is 4.79 Å². The standard InChI is InChI=1S/C23H18ClFN2O3/c24-16-7-8-20(21(11-16)30-19-6-2-4-17(25)12-19)15-10-22(28)27(13-15)18-5-1-3-14(9-18)23(26)29/h1-9,11-12,15H,10,13H2,(H2,26,29)/t15-/m0/s1. The Bertz CT molecular complexity index is 1130. The van der Waals surface area contributed by atoms with Crippen molar-refractivity contribution in [3.05, 3.63) is 88.7 Å². The fourth-order valence-electron chi connectivity index (χ4n) is 3.58. The first kappa shape index (κ1) is 19.9. The molecule has 7 heteroatoms. The van der Waals surface area contributed by atoms with Gasteiger partial charge in [-0.05, 0) is 42.5 Å². The van der Waals surface area contributed by atoms with Gasteiger partial charge in [0.2, 0.25) is 11.8 Å². The average molecular weight is 425 g/mol. The van der Waals surface area contributed by atoms with Crippen LogP contribution in [0, 0.1) is 5.82 Å². The van der Waals surface area contributed by atoms with E-state index < -0.39 is 11.7 Å². The van der Waals surface area contributed by atoms with Crippen LogP contribution >= 0.6 is 11.6 Å². The quantitative estimate of drug-likeness (QED) is 0.633. The molecule has 0 aromatic heterocycles. The molecule has 5 nitrogen and oxygen atoms in total. The fraction of sp³-hybridized carbons (Fsp3) is 0.130. The van der Waals surface area contributed by atoms with Crippen molar-refractivity contribution in [2.75, 3.05) is 11.4 Å². The third-order valence-corrected chi connectivity index (χ3v) is 5.24. The maximum atomic E-state index is 13.5. The van der Waals surface area contributed by atoms with Crippen LogP contribution in [0.15, 0.2) is 66.7 Å². The number of nitrogens with zero attached hydrogens (tertiary/aromatic N) is 1. The van der Waals surface area contributed by atoms with Crippen molar-refractivity contribution in [3.63, 3.8) is 0 Å². The van der Waals surface area contributed by atoms with Gasteiger partial charge in [-0.3, -0.25) is 9.59 Å². The number of carbonyl (C=O) groups is 2. The van der Waals surface area contributed by atoms with E-state index in [4.69, 9.17) is 22.1 Å². The smallest absolute Gasteiger partial charge is 0.248 e. The van der Waals surface area contributed by atoms with Crippen molar-refractivity contribution in [1.29, 1.82) is 0 Å². The lowest BCUT2D eigenvalue weighted by molar-refractivity contribution is -0.117. The highest BCUT2D eigenvalue weighted by Crippen LogP contribution is 2.39. The van der Waals surface area contributed by atoms with Crippen molar-refractivity contribution in [3.8, 4) is 11.5 Å². The number of halogens is 2. The maximum absolute atomic E-state index is 13.5. The molecule has 0 spiro atoms. The molecule has 0 saturated carbocycles. The molecule has 152 valence electrons. The van der Waals surface area contributed by atoms with Crippen molar-refractivity contribution in [2.24, 2.45) is 5.73 Å². The highest BCUT2D eigenvalue weighted by molar-refractivity contribution is 6.30. The first-order chi connectivity index (χ1) is 14.4. The van der Waals surface area contributed by atoms with Crippen LogP contribution in [0.2, 0.25) is 5.02 Å². The molecule has 0 unspecified atom stereocenters. The minimum atomic E-state index is -0.552. The Morgan fingerprint density at radius 1 is 1.10 bits per heavy atom. The van der Waals surface area contributed by atoms with E-state index in [1.165, 1.54) is 12.1 Å². The zero-order valence-corrected chi connectivity index (χ0v) is 16.6. The predicted molar refractivity (Wildman–Crippen MR) is 113 cm³/mol. The van der Waals surface area contributed by atoms with E-state index in [0.717, 1.165) is 5.56 Å². The van der Waals surface area contributed by atoms with Crippen molar-refractivity contribution in [1.82, 2.24) is 0 Å². The summed E-state index contributed by atoms with van der Waals surface area (Å²) in [5.41, 5.74) is 7.10. The van der Waals surface area contributed by atoms with Crippen LogP contribution in [0.25, 0.3) is 0 Å². The molecule has 3 aromatic rings. The SMILES string of the molecule is NC(=O)c1cccc(N2C[C@@H](c3ccc(Cl)cc3Oc3cccc(F)c3)CC2=O)c1. The largest absolute Gasteiger partial charge is 0.457 e. The lowest BCUT2D eigenvalue weighted by Crippen LogP contribution is -2.24. The Kier molecular flexibility index (Phi) is 5.42. The van der Waals surface area contributed by atoms with Crippen LogP contribution in [0.3, 0.4) is 0 Å². The van der Waals surface area contributed by atoms with Gasteiger partial charge in [0, 0.05) is 46.8 Å². The van der Waals surface area contributed by atoms with Crippen LogP contribution in [0.1, 0.15) is 28.3 Å². The fourth-order valence-corrected chi connectivity index (χ4v) is 3.75. The summed E-state index contributed by atoms with van der Waals surface area (Å²) in [6.45, 7) is 0.405. The van der Waals surface area contributed by atoms with Gasteiger partial charge < -0.3 is 15.4 Å². The molecule has 1 aliphatic heterocycles. The van der Waals surface area contributed by atoms with Crippen LogP contribution in [0.5, 0.6) is 11.5 Å². The van der Waals surface area contributed by atoms with Gasteiger partial charge in [0.15, 0.2) is 0 Å². The Morgan fingerprint density at radius 2 is 1.90 bits per heavy atom. The first-order valence-corrected chi connectivity index (χ1v) is 9.71. The minimum absolute atomic E-state index is 0.0757. The topological polar surface area (TPSA) is 72.6 Å². The summed E-state index contributed by atoms with van der Waals surface area (Å²) in [4.78, 5) is 25.8. The average Bonchev–Trinajstić information content (AvgIpc) is 3.09. The monoisotopic (exact) mass is 424 g/mol. The van der Waals surface area contributed by atoms with Gasteiger partial charge in [-0.1, -0.05) is 29.8 Å². The van der Waals surface area contributed by atoms with Crippen molar-refractivity contribution >= 4 is 29.1 Å². The van der Waals surface area contributed by atoms with E-state index in [1.54, 1.807) is 53.4 Å². The Morgan fingerprint density at radius 3 is 2.67 bits per heavy atom. The van der Waals surface area contributed by atoms with Gasteiger partial charge >= 0.3 is 0 Å². The summed E-state index contributed by atoms with van der Waals surface area (Å²) in [5, 5.41) is 0.473. The zero-order valence-electron chi connectivity index (χ0n) is 15.8. The number of nitrogens with two attached hydrogens (primary N) is 1. The molecular weight excluding hydrogens is 407 g/mol. The van der Waals surface area contributed by atoms with Crippen LogP contribution in [0.4, 0.5) is 10.1 Å². The molecule has 1 saturated heterocycles. The lowest BCUT2D eigenvalue weighted by atomic mass is 9.97. The molecule has 0 radical (unpaired) electrons. The van der Waals surface area contributed by atoms with Gasteiger partial charge in [-0.2, -0.15) is 0 Å². The van der Waals surface area contributed by atoms with Crippen molar-refractivity contribution in [2.45, 2.75) is 12.3 Å². The van der Waals surface area contributed by atoms with E-state index in [2.05, 4.69) is 0 Å². The van der Waals surface area contributed by atoms with Gasteiger partial charge in [-0.25, -0.2) is 4.39 Å². The van der Waals surface area contributed by atoms with Crippen molar-refractivity contribution < 1.29 is 18.7 Å². The molecule has 2 amide bonds.